The van der Waals surface area contributed by atoms with Gasteiger partial charge in [-0.3, -0.25) is 9.59 Å². The molecule has 1 aliphatic heterocycles. The Morgan fingerprint density at radius 1 is 1.40 bits per heavy atom. The van der Waals surface area contributed by atoms with Crippen molar-refractivity contribution in [1.29, 1.82) is 0 Å². The summed E-state index contributed by atoms with van der Waals surface area (Å²) < 4.78 is 0. The van der Waals surface area contributed by atoms with Crippen LogP contribution in [0.5, 0.6) is 0 Å². The van der Waals surface area contributed by atoms with Gasteiger partial charge in [0.25, 0.3) is 0 Å². The van der Waals surface area contributed by atoms with Gasteiger partial charge in [0.05, 0.1) is 22.3 Å². The van der Waals surface area contributed by atoms with Crippen LogP contribution in [0.4, 0.5) is 5.69 Å². The Hall–Kier alpha value is -0.990. The molecular formula is C11H12Cl2N4O2S. The largest absolute Gasteiger partial charge is 0.330 e. The van der Waals surface area contributed by atoms with Crippen molar-refractivity contribution in [2.24, 2.45) is 0 Å². The van der Waals surface area contributed by atoms with Gasteiger partial charge in [0, 0.05) is 5.69 Å². The molecule has 9 heteroatoms. The molecule has 2 amide bonds. The Morgan fingerprint density at radius 3 is 2.90 bits per heavy atom. The summed E-state index contributed by atoms with van der Waals surface area (Å²) in [6.45, 7) is 0.215. The molecule has 4 N–H and O–H groups in total. The molecule has 0 spiro atoms. The Bertz CT molecular complexity index is 529. The highest BCUT2D eigenvalue weighted by Crippen LogP contribution is 2.25. The second-order valence-corrected chi connectivity index (χ2v) is 5.84. The SMILES string of the molecule is O=C(CSC1NNCC(=O)N1)Nc1ccc(Cl)c(Cl)c1. The molecule has 0 aliphatic carbocycles. The predicted molar refractivity (Wildman–Crippen MR) is 80.6 cm³/mol. The van der Waals surface area contributed by atoms with Crippen molar-refractivity contribution in [1.82, 2.24) is 16.2 Å². The standard InChI is InChI=1S/C11H12Cl2N4O2S/c12-7-2-1-6(3-8(7)13)15-10(19)5-20-11-16-9(18)4-14-17-11/h1-3,11,14,17H,4-5H2,(H,15,19)(H,16,18). The summed E-state index contributed by atoms with van der Waals surface area (Å²) >= 11 is 12.9. The van der Waals surface area contributed by atoms with Gasteiger partial charge in [0.15, 0.2) is 0 Å². The first-order valence-corrected chi connectivity index (χ1v) is 7.49. The number of hydrogen-bond acceptors (Lipinski definition) is 5. The van der Waals surface area contributed by atoms with E-state index in [2.05, 4.69) is 21.5 Å². The van der Waals surface area contributed by atoms with Crippen LogP contribution in [-0.2, 0) is 9.59 Å². The fourth-order valence-corrected chi connectivity index (χ4v) is 2.54. The second-order valence-electron chi connectivity index (χ2n) is 3.93. The summed E-state index contributed by atoms with van der Waals surface area (Å²) in [7, 11) is 0. The third-order valence-electron chi connectivity index (χ3n) is 2.36. The molecule has 0 bridgehead atoms. The molecule has 1 heterocycles. The second kappa shape index (κ2) is 7.14. The molecular weight excluding hydrogens is 323 g/mol. The van der Waals surface area contributed by atoms with Gasteiger partial charge >= 0.3 is 0 Å². The van der Waals surface area contributed by atoms with Crippen molar-refractivity contribution in [2.75, 3.05) is 17.6 Å². The van der Waals surface area contributed by atoms with Gasteiger partial charge in [-0.05, 0) is 18.2 Å². The van der Waals surface area contributed by atoms with Crippen LogP contribution in [0, 0.1) is 0 Å². The number of carbonyl (C=O) groups excluding carboxylic acids is 2. The third-order valence-corrected chi connectivity index (χ3v) is 4.10. The highest BCUT2D eigenvalue weighted by molar-refractivity contribution is 8.00. The van der Waals surface area contributed by atoms with E-state index in [1.165, 1.54) is 11.8 Å². The van der Waals surface area contributed by atoms with Gasteiger partial charge in [-0.1, -0.05) is 23.2 Å². The average molecular weight is 335 g/mol. The topological polar surface area (TPSA) is 82.3 Å². The lowest BCUT2D eigenvalue weighted by molar-refractivity contribution is -0.122. The molecule has 0 aromatic heterocycles. The van der Waals surface area contributed by atoms with Crippen LogP contribution in [0.3, 0.4) is 0 Å². The fraction of sp³-hybridized carbons (Fsp3) is 0.273. The van der Waals surface area contributed by atoms with Crippen molar-refractivity contribution in [3.63, 3.8) is 0 Å². The maximum atomic E-state index is 11.8. The summed E-state index contributed by atoms with van der Waals surface area (Å²) in [5, 5.41) is 6.19. The highest BCUT2D eigenvalue weighted by Gasteiger charge is 2.18. The molecule has 1 atom stereocenters. The molecule has 2 rings (SSSR count). The van der Waals surface area contributed by atoms with E-state index in [1.807, 2.05) is 0 Å². The van der Waals surface area contributed by atoms with E-state index in [9.17, 15) is 9.59 Å². The average Bonchev–Trinajstić information content (AvgIpc) is 2.41. The molecule has 1 aromatic rings. The highest BCUT2D eigenvalue weighted by atomic mass is 35.5. The monoisotopic (exact) mass is 334 g/mol. The maximum absolute atomic E-state index is 11.8. The summed E-state index contributed by atoms with van der Waals surface area (Å²) in [6.07, 6.45) is 0. The van der Waals surface area contributed by atoms with E-state index < -0.39 is 0 Å². The van der Waals surface area contributed by atoms with Gasteiger partial charge in [0.1, 0.15) is 5.50 Å². The smallest absolute Gasteiger partial charge is 0.237 e. The minimum Gasteiger partial charge on any atom is -0.330 e. The molecule has 1 unspecified atom stereocenters. The number of halogens is 2. The van der Waals surface area contributed by atoms with Crippen LogP contribution in [0.25, 0.3) is 0 Å². The Balaban J connectivity index is 1.80. The van der Waals surface area contributed by atoms with Crippen LogP contribution < -0.4 is 21.5 Å². The van der Waals surface area contributed by atoms with Crippen LogP contribution in [0.2, 0.25) is 10.0 Å². The molecule has 1 aromatic carbocycles. The van der Waals surface area contributed by atoms with E-state index in [4.69, 9.17) is 23.2 Å². The molecule has 108 valence electrons. The first kappa shape index (κ1) is 15.4. The van der Waals surface area contributed by atoms with Crippen LogP contribution in [0.1, 0.15) is 0 Å². The van der Waals surface area contributed by atoms with Crippen molar-refractivity contribution in [3.05, 3.63) is 28.2 Å². The fourth-order valence-electron chi connectivity index (χ4n) is 1.47. The first-order chi connectivity index (χ1) is 9.54. The van der Waals surface area contributed by atoms with Gasteiger partial charge in [-0.25, -0.2) is 10.9 Å². The lowest BCUT2D eigenvalue weighted by atomic mass is 10.3. The molecule has 6 nitrogen and oxygen atoms in total. The van der Waals surface area contributed by atoms with Gasteiger partial charge in [-0.15, -0.1) is 11.8 Å². The molecule has 0 saturated carbocycles. The Morgan fingerprint density at radius 2 is 2.20 bits per heavy atom. The van der Waals surface area contributed by atoms with E-state index in [0.717, 1.165) is 0 Å². The third kappa shape index (κ3) is 4.53. The summed E-state index contributed by atoms with van der Waals surface area (Å²) in [4.78, 5) is 22.9. The van der Waals surface area contributed by atoms with Crippen LogP contribution >= 0.6 is 35.0 Å². The normalized spacial score (nSPS) is 18.5. The number of amides is 2. The predicted octanol–water partition coefficient (Wildman–Crippen LogP) is 1.17. The quantitative estimate of drug-likeness (QED) is 0.664. The lowest BCUT2D eigenvalue weighted by Crippen LogP contribution is -2.58. The number of thioether (sulfide) groups is 1. The van der Waals surface area contributed by atoms with Crippen molar-refractivity contribution < 1.29 is 9.59 Å². The number of carbonyl (C=O) groups is 2. The number of anilines is 1. The van der Waals surface area contributed by atoms with Gasteiger partial charge in [-0.2, -0.15) is 0 Å². The Labute approximate surface area is 129 Å². The van der Waals surface area contributed by atoms with E-state index >= 15 is 0 Å². The number of hydrogen-bond donors (Lipinski definition) is 4. The summed E-state index contributed by atoms with van der Waals surface area (Å²) in [5.41, 5.74) is 5.81. The number of rotatable bonds is 4. The summed E-state index contributed by atoms with van der Waals surface area (Å²) in [6, 6.07) is 4.85. The molecule has 1 fully saturated rings. The molecule has 20 heavy (non-hydrogen) atoms. The molecule has 1 saturated heterocycles. The summed E-state index contributed by atoms with van der Waals surface area (Å²) in [5.74, 6) is -0.138. The number of nitrogens with one attached hydrogen (secondary N) is 4. The van der Waals surface area contributed by atoms with Gasteiger partial charge < -0.3 is 10.6 Å². The maximum Gasteiger partial charge on any atom is 0.237 e. The number of benzene rings is 1. The minimum atomic E-state index is -0.337. The zero-order chi connectivity index (χ0) is 14.5. The lowest BCUT2D eigenvalue weighted by Gasteiger charge is -2.24. The minimum absolute atomic E-state index is 0.119. The van der Waals surface area contributed by atoms with Crippen molar-refractivity contribution in [2.45, 2.75) is 5.50 Å². The van der Waals surface area contributed by atoms with Crippen molar-refractivity contribution >= 4 is 52.5 Å². The zero-order valence-corrected chi connectivity index (χ0v) is 12.5. The zero-order valence-electron chi connectivity index (χ0n) is 10.2. The van der Waals surface area contributed by atoms with Gasteiger partial charge in [0.2, 0.25) is 11.8 Å². The van der Waals surface area contributed by atoms with E-state index in [0.29, 0.717) is 15.7 Å². The van der Waals surface area contributed by atoms with E-state index in [-0.39, 0.29) is 29.6 Å². The molecule has 1 aliphatic rings. The molecule has 0 radical (unpaired) electrons. The van der Waals surface area contributed by atoms with Crippen LogP contribution in [-0.4, -0.2) is 29.6 Å². The first-order valence-electron chi connectivity index (χ1n) is 5.69. The number of hydrazine groups is 1. The van der Waals surface area contributed by atoms with Crippen molar-refractivity contribution in [3.8, 4) is 0 Å². The Kier molecular flexibility index (Phi) is 5.50. The van der Waals surface area contributed by atoms with E-state index in [1.54, 1.807) is 18.2 Å². The van der Waals surface area contributed by atoms with Crippen LogP contribution in [0.15, 0.2) is 18.2 Å².